The third-order valence-corrected chi connectivity index (χ3v) is 10.0. The molecule has 50 heavy (non-hydrogen) atoms. The van der Waals surface area contributed by atoms with Gasteiger partial charge in [0.2, 0.25) is 0 Å². The van der Waals surface area contributed by atoms with E-state index >= 15 is 0 Å². The minimum atomic E-state index is 0.873. The van der Waals surface area contributed by atoms with Crippen LogP contribution in [-0.4, -0.2) is 0 Å². The van der Waals surface area contributed by atoms with Gasteiger partial charge in [0.15, 0.2) is 0 Å². The molecule has 0 fully saturated rings. The molecule has 10 aromatic rings. The number of hydrogen-bond acceptors (Lipinski definition) is 2. The van der Waals surface area contributed by atoms with Gasteiger partial charge in [0.05, 0.1) is 11.4 Å². The van der Waals surface area contributed by atoms with Gasteiger partial charge in [-0.1, -0.05) is 152 Å². The molecule has 0 saturated carbocycles. The van der Waals surface area contributed by atoms with Gasteiger partial charge in [-0.15, -0.1) is 0 Å². The summed E-state index contributed by atoms with van der Waals surface area (Å²) in [5, 5.41) is 11.0. The molecule has 0 saturated heterocycles. The smallest absolute Gasteiger partial charge is 0.136 e. The molecule has 9 aromatic carbocycles. The number of fused-ring (bicyclic) bond motifs is 7. The van der Waals surface area contributed by atoms with Crippen LogP contribution >= 0.6 is 0 Å². The molecular formula is C48H31NO. The van der Waals surface area contributed by atoms with Gasteiger partial charge in [0.1, 0.15) is 11.3 Å². The van der Waals surface area contributed by atoms with E-state index in [0.717, 1.165) is 50.5 Å². The fourth-order valence-electron chi connectivity index (χ4n) is 7.70. The molecule has 234 valence electrons. The first-order chi connectivity index (χ1) is 24.8. The Morgan fingerprint density at radius 3 is 1.38 bits per heavy atom. The Bertz CT molecular complexity index is 2730. The zero-order valence-corrected chi connectivity index (χ0v) is 27.3. The fourth-order valence-corrected chi connectivity index (χ4v) is 7.70. The Balaban J connectivity index is 1.21. The molecule has 0 unspecified atom stereocenters. The van der Waals surface area contributed by atoms with Crippen molar-refractivity contribution in [2.75, 3.05) is 4.90 Å². The maximum atomic E-state index is 6.34. The molecule has 10 rings (SSSR count). The molecule has 0 aliphatic heterocycles. The van der Waals surface area contributed by atoms with E-state index in [0.29, 0.717) is 0 Å². The van der Waals surface area contributed by atoms with E-state index < -0.39 is 0 Å². The van der Waals surface area contributed by atoms with E-state index in [1.807, 2.05) is 12.1 Å². The second-order valence-corrected chi connectivity index (χ2v) is 12.9. The lowest BCUT2D eigenvalue weighted by Gasteiger charge is -2.29. The predicted octanol–water partition coefficient (Wildman–Crippen LogP) is 13.8. The van der Waals surface area contributed by atoms with E-state index in [1.165, 1.54) is 43.1 Å². The van der Waals surface area contributed by atoms with E-state index in [9.17, 15) is 0 Å². The first-order valence-corrected chi connectivity index (χ1v) is 17.1. The summed E-state index contributed by atoms with van der Waals surface area (Å²) in [5.41, 5.74) is 7.64. The zero-order valence-electron chi connectivity index (χ0n) is 27.3. The fraction of sp³-hybridized carbons (Fsp3) is 0. The molecule has 0 bridgehead atoms. The Labute approximate surface area is 290 Å². The van der Waals surface area contributed by atoms with Crippen molar-refractivity contribution in [1.82, 2.24) is 0 Å². The molecule has 0 amide bonds. The average molecular weight is 638 g/mol. The number of furan rings is 1. The Kier molecular flexibility index (Phi) is 6.53. The molecule has 0 atom stereocenters. The van der Waals surface area contributed by atoms with Gasteiger partial charge in [-0.2, -0.15) is 0 Å². The lowest BCUT2D eigenvalue weighted by atomic mass is 9.95. The maximum Gasteiger partial charge on any atom is 0.136 e. The first-order valence-electron chi connectivity index (χ1n) is 17.1. The summed E-state index contributed by atoms with van der Waals surface area (Å²) in [6.07, 6.45) is 0. The summed E-state index contributed by atoms with van der Waals surface area (Å²) < 4.78 is 6.34. The van der Waals surface area contributed by atoms with Crippen molar-refractivity contribution in [3.63, 3.8) is 0 Å². The Morgan fingerprint density at radius 1 is 0.340 bits per heavy atom. The predicted molar refractivity (Wildman–Crippen MR) is 212 cm³/mol. The van der Waals surface area contributed by atoms with Crippen LogP contribution in [0.4, 0.5) is 17.1 Å². The molecule has 0 radical (unpaired) electrons. The van der Waals surface area contributed by atoms with Crippen LogP contribution in [0.2, 0.25) is 0 Å². The number of para-hydroxylation sites is 1. The van der Waals surface area contributed by atoms with Gasteiger partial charge < -0.3 is 9.32 Å². The van der Waals surface area contributed by atoms with Crippen molar-refractivity contribution in [2.24, 2.45) is 0 Å². The number of anilines is 3. The largest absolute Gasteiger partial charge is 0.456 e. The van der Waals surface area contributed by atoms with Gasteiger partial charge in [0.25, 0.3) is 0 Å². The molecule has 2 heteroatoms. The lowest BCUT2D eigenvalue weighted by Crippen LogP contribution is -2.11. The SMILES string of the molecule is c1ccc(-c2cc3ccccc3o2)c(-c2ccc(N(c3cc4ccccc4c4ccccc34)c3cc4ccccc4c4ccccc34)cc2)c1. The molecule has 1 aromatic heterocycles. The van der Waals surface area contributed by atoms with Crippen molar-refractivity contribution < 1.29 is 4.42 Å². The summed E-state index contributed by atoms with van der Waals surface area (Å²) in [6.45, 7) is 0. The molecule has 2 nitrogen and oxygen atoms in total. The number of rotatable bonds is 5. The molecule has 0 spiro atoms. The van der Waals surface area contributed by atoms with E-state index in [-0.39, 0.29) is 0 Å². The van der Waals surface area contributed by atoms with Crippen LogP contribution in [-0.2, 0) is 0 Å². The highest BCUT2D eigenvalue weighted by molar-refractivity contribution is 6.18. The highest BCUT2D eigenvalue weighted by Crippen LogP contribution is 2.46. The topological polar surface area (TPSA) is 16.4 Å². The average Bonchev–Trinajstić information content (AvgIpc) is 3.63. The van der Waals surface area contributed by atoms with E-state index in [4.69, 9.17) is 4.42 Å². The number of hydrogen-bond donors (Lipinski definition) is 0. The van der Waals surface area contributed by atoms with Gasteiger partial charge in [-0.05, 0) is 79.8 Å². The van der Waals surface area contributed by atoms with Crippen molar-refractivity contribution >= 4 is 71.1 Å². The number of benzene rings is 9. The Morgan fingerprint density at radius 2 is 0.800 bits per heavy atom. The van der Waals surface area contributed by atoms with Crippen LogP contribution < -0.4 is 4.90 Å². The van der Waals surface area contributed by atoms with Crippen molar-refractivity contribution in [3.05, 3.63) is 188 Å². The second-order valence-electron chi connectivity index (χ2n) is 12.9. The van der Waals surface area contributed by atoms with Crippen LogP contribution in [0.25, 0.3) is 76.5 Å². The van der Waals surface area contributed by atoms with E-state index in [2.05, 4.69) is 181 Å². The summed E-state index contributed by atoms with van der Waals surface area (Å²) >= 11 is 0. The van der Waals surface area contributed by atoms with Crippen molar-refractivity contribution in [2.45, 2.75) is 0 Å². The van der Waals surface area contributed by atoms with Crippen LogP contribution in [0.15, 0.2) is 192 Å². The van der Waals surface area contributed by atoms with Gasteiger partial charge in [0, 0.05) is 27.4 Å². The maximum absolute atomic E-state index is 6.34. The first kappa shape index (κ1) is 28.4. The van der Waals surface area contributed by atoms with Crippen molar-refractivity contribution in [1.29, 1.82) is 0 Å². The Hall–Kier alpha value is -6.64. The van der Waals surface area contributed by atoms with Crippen LogP contribution in [0.1, 0.15) is 0 Å². The third kappa shape index (κ3) is 4.57. The third-order valence-electron chi connectivity index (χ3n) is 10.0. The molecular weight excluding hydrogens is 607 g/mol. The molecule has 0 aliphatic rings. The van der Waals surface area contributed by atoms with Gasteiger partial charge in [-0.3, -0.25) is 0 Å². The molecule has 0 aliphatic carbocycles. The lowest BCUT2D eigenvalue weighted by molar-refractivity contribution is 0.632. The van der Waals surface area contributed by atoms with Crippen LogP contribution in [0.3, 0.4) is 0 Å². The van der Waals surface area contributed by atoms with Gasteiger partial charge in [-0.25, -0.2) is 0 Å². The normalized spacial score (nSPS) is 11.6. The monoisotopic (exact) mass is 637 g/mol. The van der Waals surface area contributed by atoms with Crippen LogP contribution in [0, 0.1) is 0 Å². The summed E-state index contributed by atoms with van der Waals surface area (Å²) in [4.78, 5) is 2.46. The highest BCUT2D eigenvalue weighted by atomic mass is 16.3. The molecule has 0 N–H and O–H groups in total. The minimum Gasteiger partial charge on any atom is -0.456 e. The second kappa shape index (κ2) is 11.5. The van der Waals surface area contributed by atoms with Crippen LogP contribution in [0.5, 0.6) is 0 Å². The highest BCUT2D eigenvalue weighted by Gasteiger charge is 2.21. The van der Waals surface area contributed by atoms with E-state index in [1.54, 1.807) is 0 Å². The summed E-state index contributed by atoms with van der Waals surface area (Å²) in [7, 11) is 0. The molecule has 1 heterocycles. The zero-order chi connectivity index (χ0) is 33.0. The summed E-state index contributed by atoms with van der Waals surface area (Å²) in [5.74, 6) is 0.873. The number of nitrogens with zero attached hydrogens (tertiary/aromatic N) is 1. The summed E-state index contributed by atoms with van der Waals surface area (Å²) in [6, 6.07) is 67.6. The minimum absolute atomic E-state index is 0.873. The van der Waals surface area contributed by atoms with Gasteiger partial charge >= 0.3 is 0 Å². The standard InChI is InChI=1S/C48H31NO/c1-4-17-38-33(13-1)29-45(42-21-9-7-19-40(38)42)49(46-30-34-14-2-5-18-39(34)41-20-8-10-22-43(41)46)36-27-25-32(26-28-36)37-16-6-11-23-44(37)48-31-35-15-3-12-24-47(35)50-48/h1-31H. The van der Waals surface area contributed by atoms with Crippen molar-refractivity contribution in [3.8, 4) is 22.5 Å². The quantitative estimate of drug-likeness (QED) is 0.175.